The van der Waals surface area contributed by atoms with Gasteiger partial charge in [-0.3, -0.25) is 19.8 Å². The molecule has 2 aromatic carbocycles. The van der Waals surface area contributed by atoms with Gasteiger partial charge in [-0.1, -0.05) is 29.8 Å². The molecule has 0 saturated carbocycles. The molecule has 34 heavy (non-hydrogen) atoms. The number of imide groups is 2. The number of hydrogen-bond acceptors (Lipinski definition) is 6. The van der Waals surface area contributed by atoms with Crippen molar-refractivity contribution in [2.45, 2.75) is 13.2 Å². The van der Waals surface area contributed by atoms with Crippen molar-refractivity contribution in [2.24, 2.45) is 0 Å². The van der Waals surface area contributed by atoms with Crippen molar-refractivity contribution in [3.8, 4) is 11.5 Å². The Hall–Kier alpha value is -3.31. The molecule has 0 bridgehead atoms. The third kappa shape index (κ3) is 5.10. The summed E-state index contributed by atoms with van der Waals surface area (Å²) in [5.74, 6) is -0.178. The van der Waals surface area contributed by atoms with E-state index in [1.54, 1.807) is 30.3 Å². The van der Waals surface area contributed by atoms with Crippen LogP contribution in [-0.4, -0.2) is 29.9 Å². The van der Waals surface area contributed by atoms with Gasteiger partial charge in [0.15, 0.2) is 11.5 Å². The van der Waals surface area contributed by atoms with Crippen LogP contribution in [0.25, 0.3) is 6.08 Å². The molecule has 4 rings (SSSR count). The number of benzene rings is 2. The Bertz CT molecular complexity index is 1290. The van der Waals surface area contributed by atoms with Crippen LogP contribution in [0.15, 0.2) is 64.8 Å². The van der Waals surface area contributed by atoms with Crippen LogP contribution in [0.3, 0.4) is 0 Å². The fourth-order valence-corrected chi connectivity index (χ4v) is 4.26. The van der Waals surface area contributed by atoms with E-state index in [1.807, 2.05) is 18.2 Å². The molecule has 4 amide bonds. The van der Waals surface area contributed by atoms with Gasteiger partial charge in [-0.25, -0.2) is 4.79 Å². The summed E-state index contributed by atoms with van der Waals surface area (Å²) in [5, 5.41) is 2.78. The maximum absolute atomic E-state index is 12.9. The minimum absolute atomic E-state index is 0.0992. The van der Waals surface area contributed by atoms with Gasteiger partial charge in [0.05, 0.1) is 23.5 Å². The maximum atomic E-state index is 12.9. The smallest absolute Gasteiger partial charge is 0.331 e. The predicted octanol–water partition coefficient (Wildman–Crippen LogP) is 4.79. The first-order valence-corrected chi connectivity index (χ1v) is 11.5. The molecule has 3 aromatic rings. The number of barbiturate groups is 1. The largest absolute Gasteiger partial charge is 0.493 e. The topological polar surface area (TPSA) is 98.1 Å². The zero-order valence-corrected chi connectivity index (χ0v) is 20.8. The van der Waals surface area contributed by atoms with Crippen LogP contribution in [0.1, 0.15) is 16.9 Å². The highest BCUT2D eigenvalue weighted by atomic mass is 127. The SMILES string of the molecule is COc1cc(/C=C2\C(=O)NC(=O)N(Cc3ccco3)C2=O)cc(I)c1OCc1ccccc1Cl. The lowest BCUT2D eigenvalue weighted by atomic mass is 10.1. The molecule has 0 radical (unpaired) electrons. The standard InChI is InChI=1S/C24H18ClIN2O6/c1-32-20-11-14(10-19(26)21(20)34-13-15-5-2-3-7-18(15)25)9-17-22(29)27-24(31)28(23(17)30)12-16-6-4-8-33-16/h2-11H,12-13H2,1H3,(H,27,29,31)/b17-9+. The van der Waals surface area contributed by atoms with Crippen molar-refractivity contribution in [1.29, 1.82) is 0 Å². The monoisotopic (exact) mass is 592 g/mol. The number of nitrogens with one attached hydrogen (secondary N) is 1. The van der Waals surface area contributed by atoms with Crippen molar-refractivity contribution in [2.75, 3.05) is 7.11 Å². The summed E-state index contributed by atoms with van der Waals surface area (Å²) in [4.78, 5) is 38.5. The minimum Gasteiger partial charge on any atom is -0.493 e. The second kappa shape index (κ2) is 10.3. The molecule has 1 N–H and O–H groups in total. The van der Waals surface area contributed by atoms with Gasteiger partial charge >= 0.3 is 6.03 Å². The zero-order valence-electron chi connectivity index (χ0n) is 17.8. The Morgan fingerprint density at radius 2 is 1.94 bits per heavy atom. The lowest BCUT2D eigenvalue weighted by Gasteiger charge is -2.25. The molecule has 1 saturated heterocycles. The number of furan rings is 1. The first-order valence-electron chi connectivity index (χ1n) is 10.0. The number of carbonyl (C=O) groups is 3. The first-order chi connectivity index (χ1) is 16.4. The summed E-state index contributed by atoms with van der Waals surface area (Å²) in [6.45, 7) is 0.134. The lowest BCUT2D eigenvalue weighted by molar-refractivity contribution is -0.130. The number of methoxy groups -OCH3 is 1. The van der Waals surface area contributed by atoms with Crippen LogP contribution in [0.4, 0.5) is 4.79 Å². The van der Waals surface area contributed by atoms with Crippen LogP contribution in [0, 0.1) is 3.57 Å². The molecule has 0 atom stereocenters. The molecular weight excluding hydrogens is 575 g/mol. The van der Waals surface area contributed by atoms with E-state index in [9.17, 15) is 14.4 Å². The average molecular weight is 593 g/mol. The predicted molar refractivity (Wildman–Crippen MR) is 132 cm³/mol. The van der Waals surface area contributed by atoms with Gasteiger partial charge in [0.25, 0.3) is 11.8 Å². The van der Waals surface area contributed by atoms with Crippen molar-refractivity contribution in [3.63, 3.8) is 0 Å². The van der Waals surface area contributed by atoms with E-state index in [0.717, 1.165) is 10.5 Å². The summed E-state index contributed by atoms with van der Waals surface area (Å²) >= 11 is 8.29. The summed E-state index contributed by atoms with van der Waals surface area (Å²) < 4.78 is 17.4. The van der Waals surface area contributed by atoms with Crippen LogP contribution < -0.4 is 14.8 Å². The van der Waals surface area contributed by atoms with Crippen molar-refractivity contribution >= 4 is 58.1 Å². The number of halogens is 2. The molecule has 0 aliphatic carbocycles. The van der Waals surface area contributed by atoms with Gasteiger partial charge in [-0.05, 0) is 64.6 Å². The number of rotatable bonds is 7. The number of urea groups is 1. The Morgan fingerprint density at radius 1 is 1.15 bits per heavy atom. The molecule has 0 unspecified atom stereocenters. The van der Waals surface area contributed by atoms with Crippen molar-refractivity contribution in [3.05, 3.63) is 85.8 Å². The van der Waals surface area contributed by atoms with Crippen LogP contribution in [0.5, 0.6) is 11.5 Å². The van der Waals surface area contributed by atoms with Crippen molar-refractivity contribution in [1.82, 2.24) is 10.2 Å². The molecule has 2 heterocycles. The Labute approximate surface area is 213 Å². The fraction of sp³-hybridized carbons (Fsp3) is 0.125. The van der Waals surface area contributed by atoms with E-state index in [2.05, 4.69) is 27.9 Å². The van der Waals surface area contributed by atoms with Gasteiger partial charge in [0.1, 0.15) is 17.9 Å². The Morgan fingerprint density at radius 3 is 2.65 bits per heavy atom. The van der Waals surface area contributed by atoms with Gasteiger partial charge in [-0.2, -0.15) is 0 Å². The molecular formula is C24H18ClIN2O6. The van der Waals surface area contributed by atoms with Gasteiger partial charge in [-0.15, -0.1) is 0 Å². The number of ether oxygens (including phenoxy) is 2. The first kappa shape index (κ1) is 23.8. The number of carbonyl (C=O) groups excluding carboxylic acids is 3. The highest BCUT2D eigenvalue weighted by Gasteiger charge is 2.36. The Kier molecular flexibility index (Phi) is 7.23. The summed E-state index contributed by atoms with van der Waals surface area (Å²) in [6.07, 6.45) is 2.84. The van der Waals surface area contributed by atoms with Crippen LogP contribution in [-0.2, 0) is 22.7 Å². The fourth-order valence-electron chi connectivity index (χ4n) is 3.29. The van der Waals surface area contributed by atoms with E-state index in [-0.39, 0.29) is 18.7 Å². The van der Waals surface area contributed by atoms with E-state index >= 15 is 0 Å². The van der Waals surface area contributed by atoms with E-state index in [4.69, 9.17) is 25.5 Å². The lowest BCUT2D eigenvalue weighted by Crippen LogP contribution is -2.53. The highest BCUT2D eigenvalue weighted by Crippen LogP contribution is 2.36. The number of amides is 4. The Balaban J connectivity index is 1.60. The van der Waals surface area contributed by atoms with Crippen LogP contribution >= 0.6 is 34.2 Å². The van der Waals surface area contributed by atoms with E-state index in [0.29, 0.717) is 31.4 Å². The molecule has 10 heteroatoms. The van der Waals surface area contributed by atoms with Gasteiger partial charge in [0, 0.05) is 10.6 Å². The van der Waals surface area contributed by atoms with Crippen LogP contribution in [0.2, 0.25) is 5.02 Å². The zero-order chi connectivity index (χ0) is 24.2. The molecule has 1 aliphatic heterocycles. The molecule has 1 aliphatic rings. The van der Waals surface area contributed by atoms with E-state index < -0.39 is 17.8 Å². The maximum Gasteiger partial charge on any atom is 0.331 e. The third-order valence-corrected chi connectivity index (χ3v) is 6.14. The average Bonchev–Trinajstić information content (AvgIpc) is 3.33. The van der Waals surface area contributed by atoms with Gasteiger partial charge in [0.2, 0.25) is 0 Å². The minimum atomic E-state index is -0.806. The van der Waals surface area contributed by atoms with E-state index in [1.165, 1.54) is 19.4 Å². The van der Waals surface area contributed by atoms with Crippen molar-refractivity contribution < 1.29 is 28.3 Å². The summed E-state index contributed by atoms with van der Waals surface area (Å²) in [6, 6.07) is 13.2. The second-order valence-corrected chi connectivity index (χ2v) is 8.77. The molecule has 1 aromatic heterocycles. The molecule has 174 valence electrons. The second-order valence-electron chi connectivity index (χ2n) is 7.20. The normalized spacial score (nSPS) is 15.0. The number of hydrogen-bond donors (Lipinski definition) is 1. The summed E-state index contributed by atoms with van der Waals surface area (Å²) in [5.41, 5.74) is 1.16. The quantitative estimate of drug-likeness (QED) is 0.241. The number of nitrogens with zero attached hydrogens (tertiary/aromatic N) is 1. The molecule has 1 fully saturated rings. The third-order valence-electron chi connectivity index (χ3n) is 4.97. The van der Waals surface area contributed by atoms with Gasteiger partial charge < -0.3 is 13.9 Å². The molecule has 0 spiro atoms. The molecule has 8 nitrogen and oxygen atoms in total. The highest BCUT2D eigenvalue weighted by molar-refractivity contribution is 14.1. The summed E-state index contributed by atoms with van der Waals surface area (Å²) in [7, 11) is 1.49.